The zero-order valence-electron chi connectivity index (χ0n) is 23.5. The van der Waals surface area contributed by atoms with Crippen molar-refractivity contribution in [3.8, 4) is 0 Å². The molecule has 10 atom stereocenters. The van der Waals surface area contributed by atoms with Crippen LogP contribution in [-0.2, 0) is 19.0 Å². The van der Waals surface area contributed by atoms with Gasteiger partial charge in [-0.1, -0.05) is 90.1 Å². The van der Waals surface area contributed by atoms with Gasteiger partial charge in [-0.25, -0.2) is 0 Å². The second kappa shape index (κ2) is 15.0. The van der Waals surface area contributed by atoms with Crippen molar-refractivity contribution >= 4 is 30.0 Å². The van der Waals surface area contributed by atoms with Crippen LogP contribution in [0.15, 0.2) is 90.1 Å². The predicted octanol–water partition coefficient (Wildman–Crippen LogP) is -1.58. The lowest BCUT2D eigenvalue weighted by Crippen LogP contribution is -2.64. The molecule has 2 aliphatic rings. The fourth-order valence-corrected chi connectivity index (χ4v) is 7.59. The third kappa shape index (κ3) is 7.02. The average Bonchev–Trinajstić information content (AvgIpc) is 3.06. The number of ether oxygens (including phenoxy) is 3. The molecule has 2 aliphatic heterocycles. The fourth-order valence-electron chi connectivity index (χ4n) is 5.17. The maximum Gasteiger partial charge on any atom is 0.256 e. The Kier molecular flexibility index (Phi) is 11.1. The molecule has 7 N–H and O–H groups in total. The number of aliphatic hydroxyl groups is 7. The van der Waals surface area contributed by atoms with E-state index in [9.17, 15) is 35.7 Å². The molecule has 0 unspecified atom stereocenters. The molecule has 5 rings (SSSR count). The monoisotopic (exact) mass is 629 g/mol. The molecule has 0 spiro atoms. The van der Waals surface area contributed by atoms with E-state index in [2.05, 4.69) is 29.4 Å². The van der Waals surface area contributed by atoms with Crippen LogP contribution in [-0.4, -0.2) is 117 Å². The highest BCUT2D eigenvalue weighted by atomic mass is 31.1. The van der Waals surface area contributed by atoms with Gasteiger partial charge >= 0.3 is 0 Å². The third-order valence-corrected chi connectivity index (χ3v) is 10.0. The van der Waals surface area contributed by atoms with Gasteiger partial charge in [0.2, 0.25) is 0 Å². The first-order chi connectivity index (χ1) is 21.3. The van der Waals surface area contributed by atoms with E-state index in [-0.39, 0.29) is 0 Å². The van der Waals surface area contributed by atoms with E-state index in [0.717, 1.165) is 21.5 Å². The summed E-state index contributed by atoms with van der Waals surface area (Å²) in [6.45, 7) is -1.37. The Bertz CT molecular complexity index is 1310. The van der Waals surface area contributed by atoms with Crippen molar-refractivity contribution in [1.29, 1.82) is 0 Å². The van der Waals surface area contributed by atoms with E-state index >= 15 is 0 Å². The normalized spacial score (nSPS) is 32.6. The number of aliphatic hydroxyl groups excluding tert-OH is 7. The number of hydrogen-bond acceptors (Lipinski definition) is 12. The fraction of sp³-hybridized carbons (Fsp3) is 0.387. The van der Waals surface area contributed by atoms with Gasteiger partial charge in [0.1, 0.15) is 48.8 Å². The first-order valence-electron chi connectivity index (χ1n) is 14.1. The van der Waals surface area contributed by atoms with E-state index in [1.165, 1.54) is 6.21 Å². The molecular formula is C31H36NO11P. The maximum absolute atomic E-state index is 10.9. The minimum atomic E-state index is -1.76. The van der Waals surface area contributed by atoms with Crippen LogP contribution in [0, 0.1) is 0 Å². The first kappa shape index (κ1) is 32.6. The molecule has 0 saturated carbocycles. The Morgan fingerprint density at radius 3 is 1.80 bits per heavy atom. The molecule has 0 radical (unpaired) electrons. The lowest BCUT2D eigenvalue weighted by atomic mass is 9.97. The van der Waals surface area contributed by atoms with Crippen molar-refractivity contribution in [2.24, 2.45) is 5.16 Å². The van der Waals surface area contributed by atoms with Crippen LogP contribution < -0.4 is 15.9 Å². The van der Waals surface area contributed by atoms with Crippen molar-refractivity contribution in [1.82, 2.24) is 0 Å². The van der Waals surface area contributed by atoms with Gasteiger partial charge in [-0.2, -0.15) is 0 Å². The summed E-state index contributed by atoms with van der Waals surface area (Å²) >= 11 is 0. The van der Waals surface area contributed by atoms with Gasteiger partial charge < -0.3 is 54.8 Å². The summed E-state index contributed by atoms with van der Waals surface area (Å²) in [6.07, 6.45) is -14.1. The highest BCUT2D eigenvalue weighted by Gasteiger charge is 2.51. The Hall–Kier alpha value is -2.84. The molecule has 13 heteroatoms. The standard InChI is InChI=1S/C31H36NO11P/c33-16-21-24(35)25(36)27(38)30(40-21)42-29-22(17-34)41-31(28(39)26(29)37)43-32-15-18-9-7-8-14-23(18)44(19-10-3-1-4-11-19)20-12-5-2-6-13-20/h1-15,21-22,24-31,33-39H,16-17H2/b32-15+/t21-,22-,24+,25+,26-,27-,28-,29-,30+,31+/m1/s1. The molecule has 0 aromatic heterocycles. The number of oxime groups is 1. The Labute approximate surface area is 255 Å². The second-order valence-corrected chi connectivity index (χ2v) is 12.6. The molecule has 0 amide bonds. The number of hydrogen-bond donors (Lipinski definition) is 7. The van der Waals surface area contributed by atoms with Crippen LogP contribution in [0.3, 0.4) is 0 Å². The molecular weight excluding hydrogens is 593 g/mol. The van der Waals surface area contributed by atoms with Gasteiger partial charge in [-0.3, -0.25) is 0 Å². The summed E-state index contributed by atoms with van der Waals surface area (Å²) < 4.78 is 16.6. The third-order valence-electron chi connectivity index (χ3n) is 7.52. The van der Waals surface area contributed by atoms with Gasteiger partial charge in [0.15, 0.2) is 6.29 Å². The van der Waals surface area contributed by atoms with Gasteiger partial charge in [-0.15, -0.1) is 0 Å². The molecule has 44 heavy (non-hydrogen) atoms. The van der Waals surface area contributed by atoms with E-state index in [0.29, 0.717) is 0 Å². The first-order valence-corrected chi connectivity index (χ1v) is 15.4. The van der Waals surface area contributed by atoms with E-state index < -0.39 is 82.5 Å². The van der Waals surface area contributed by atoms with E-state index in [1.807, 2.05) is 60.7 Å². The molecule has 0 aliphatic carbocycles. The Morgan fingerprint density at radius 2 is 1.18 bits per heavy atom. The van der Waals surface area contributed by atoms with E-state index in [1.54, 1.807) is 0 Å². The quantitative estimate of drug-likeness (QED) is 0.0779. The highest BCUT2D eigenvalue weighted by Crippen LogP contribution is 2.34. The average molecular weight is 630 g/mol. The summed E-state index contributed by atoms with van der Waals surface area (Å²) in [5.74, 6) is 0. The SMILES string of the molecule is OC[C@H]1O[C@@H](O[C@H]2[C@H](O)[C@@H](O)[C@H](O/N=C/c3ccccc3P(c3ccccc3)c3ccccc3)O[C@@H]2CO)[C@H](O)[C@@H](O)[C@H]1O. The zero-order chi connectivity index (χ0) is 31.2. The maximum atomic E-state index is 10.9. The lowest BCUT2D eigenvalue weighted by Gasteiger charge is -2.45. The smallest absolute Gasteiger partial charge is 0.256 e. The minimum Gasteiger partial charge on any atom is -0.394 e. The summed E-state index contributed by atoms with van der Waals surface area (Å²) in [5.41, 5.74) is 0.764. The van der Waals surface area contributed by atoms with Crippen molar-refractivity contribution in [3.05, 3.63) is 90.5 Å². The van der Waals surface area contributed by atoms with Gasteiger partial charge in [-0.05, 0) is 23.8 Å². The van der Waals surface area contributed by atoms with Crippen LogP contribution >= 0.6 is 7.92 Å². The molecule has 2 saturated heterocycles. The van der Waals surface area contributed by atoms with Crippen molar-refractivity contribution in [3.63, 3.8) is 0 Å². The summed E-state index contributed by atoms with van der Waals surface area (Å²) in [7, 11) is -0.951. The minimum absolute atomic E-state index is 0.684. The summed E-state index contributed by atoms with van der Waals surface area (Å²) in [6, 6.07) is 27.9. The Balaban J connectivity index is 1.31. The number of benzene rings is 3. The summed E-state index contributed by atoms with van der Waals surface area (Å²) in [4.78, 5) is 5.46. The van der Waals surface area contributed by atoms with Crippen molar-refractivity contribution < 1.29 is 54.8 Å². The van der Waals surface area contributed by atoms with Gasteiger partial charge in [0.05, 0.1) is 19.4 Å². The van der Waals surface area contributed by atoms with Crippen LogP contribution in [0.1, 0.15) is 5.56 Å². The predicted molar refractivity (Wildman–Crippen MR) is 160 cm³/mol. The van der Waals surface area contributed by atoms with Crippen LogP contribution in [0.2, 0.25) is 0 Å². The zero-order valence-corrected chi connectivity index (χ0v) is 24.4. The van der Waals surface area contributed by atoms with Crippen molar-refractivity contribution in [2.75, 3.05) is 13.2 Å². The number of rotatable bonds is 10. The van der Waals surface area contributed by atoms with E-state index in [4.69, 9.17) is 19.0 Å². The molecule has 236 valence electrons. The van der Waals surface area contributed by atoms with Gasteiger partial charge in [0.25, 0.3) is 6.29 Å². The molecule has 2 fully saturated rings. The van der Waals surface area contributed by atoms with Crippen LogP contribution in [0.25, 0.3) is 0 Å². The number of nitrogens with zero attached hydrogens (tertiary/aromatic N) is 1. The topological polar surface area (TPSA) is 191 Å². The van der Waals surface area contributed by atoms with Crippen molar-refractivity contribution in [2.45, 2.75) is 61.4 Å². The molecule has 12 nitrogen and oxygen atoms in total. The molecule has 2 heterocycles. The second-order valence-electron chi connectivity index (χ2n) is 10.4. The van der Waals surface area contributed by atoms with Gasteiger partial charge in [0, 0.05) is 5.56 Å². The Morgan fingerprint density at radius 1 is 0.636 bits per heavy atom. The lowest BCUT2D eigenvalue weighted by molar-refractivity contribution is -0.359. The van der Waals surface area contributed by atoms with Crippen LogP contribution in [0.4, 0.5) is 0 Å². The molecule has 3 aromatic rings. The molecule has 3 aromatic carbocycles. The highest BCUT2D eigenvalue weighted by molar-refractivity contribution is 7.80. The van der Waals surface area contributed by atoms with Crippen LogP contribution in [0.5, 0.6) is 0 Å². The largest absolute Gasteiger partial charge is 0.394 e. The summed E-state index contributed by atoms with van der Waals surface area (Å²) in [5, 5.41) is 78.8. The molecule has 0 bridgehead atoms.